The summed E-state index contributed by atoms with van der Waals surface area (Å²) in [5, 5.41) is 0.963. The molecule has 0 saturated heterocycles. The Bertz CT molecular complexity index is 415. The number of hydrogen-bond donors (Lipinski definition) is 1. The Balaban J connectivity index is 2.10. The topological polar surface area (TPSA) is 43.1 Å². The normalized spacial score (nSPS) is 17.2. The van der Waals surface area contributed by atoms with Crippen molar-refractivity contribution in [3.05, 3.63) is 33.8 Å². The van der Waals surface area contributed by atoms with Crippen molar-refractivity contribution in [2.45, 2.75) is 25.3 Å². The van der Waals surface area contributed by atoms with E-state index in [0.717, 1.165) is 12.8 Å². The average Bonchev–Trinajstić information content (AvgIpc) is 3.04. The van der Waals surface area contributed by atoms with Crippen LogP contribution in [0.1, 0.15) is 29.6 Å². The molecule has 4 heteroatoms. The van der Waals surface area contributed by atoms with Gasteiger partial charge in [-0.1, -0.05) is 23.2 Å². The van der Waals surface area contributed by atoms with Gasteiger partial charge in [-0.2, -0.15) is 0 Å². The van der Waals surface area contributed by atoms with Gasteiger partial charge >= 0.3 is 0 Å². The molecule has 1 aromatic carbocycles. The maximum absolute atomic E-state index is 11.9. The Labute approximate surface area is 105 Å². The highest BCUT2D eigenvalue weighted by atomic mass is 35.5. The Hall–Kier alpha value is -0.570. The molecule has 2 N–H and O–H groups in total. The summed E-state index contributed by atoms with van der Waals surface area (Å²) in [6.07, 6.45) is 2.63. The number of carbonyl (C=O) groups is 1. The molecule has 0 radical (unpaired) electrons. The van der Waals surface area contributed by atoms with Crippen molar-refractivity contribution in [2.24, 2.45) is 11.7 Å². The highest BCUT2D eigenvalue weighted by Gasteiger charge is 2.30. The first-order valence-corrected chi connectivity index (χ1v) is 6.07. The van der Waals surface area contributed by atoms with Crippen molar-refractivity contribution < 1.29 is 4.79 Å². The van der Waals surface area contributed by atoms with Crippen molar-refractivity contribution in [3.8, 4) is 0 Å². The van der Waals surface area contributed by atoms with E-state index in [0.29, 0.717) is 27.9 Å². The van der Waals surface area contributed by atoms with Crippen molar-refractivity contribution >= 4 is 29.0 Å². The molecule has 1 saturated carbocycles. The third-order valence-corrected chi connectivity index (χ3v) is 3.44. The lowest BCUT2D eigenvalue weighted by Crippen LogP contribution is -2.26. The molecule has 1 aromatic rings. The zero-order chi connectivity index (χ0) is 11.7. The number of benzene rings is 1. The monoisotopic (exact) mass is 257 g/mol. The van der Waals surface area contributed by atoms with Crippen LogP contribution >= 0.6 is 23.2 Å². The maximum atomic E-state index is 11.9. The molecular weight excluding hydrogens is 245 g/mol. The van der Waals surface area contributed by atoms with Crippen LogP contribution in [0.5, 0.6) is 0 Å². The molecule has 0 bridgehead atoms. The van der Waals surface area contributed by atoms with E-state index in [4.69, 9.17) is 28.9 Å². The predicted octanol–water partition coefficient (Wildman–Crippen LogP) is 3.30. The van der Waals surface area contributed by atoms with Gasteiger partial charge in [-0.25, -0.2) is 0 Å². The van der Waals surface area contributed by atoms with E-state index < -0.39 is 0 Å². The molecule has 1 atom stereocenters. The third-order valence-electron chi connectivity index (χ3n) is 2.88. The molecule has 0 aliphatic heterocycles. The van der Waals surface area contributed by atoms with Crippen LogP contribution in [0.3, 0.4) is 0 Å². The maximum Gasteiger partial charge on any atom is 0.165 e. The highest BCUT2D eigenvalue weighted by molar-refractivity contribution is 6.35. The fourth-order valence-corrected chi connectivity index (χ4v) is 2.12. The lowest BCUT2D eigenvalue weighted by atomic mass is 10.0. The van der Waals surface area contributed by atoms with Crippen molar-refractivity contribution in [3.63, 3.8) is 0 Å². The summed E-state index contributed by atoms with van der Waals surface area (Å²) in [6, 6.07) is 4.87. The second-order valence-corrected chi connectivity index (χ2v) is 5.10. The summed E-state index contributed by atoms with van der Waals surface area (Å²) in [5.41, 5.74) is 6.39. The summed E-state index contributed by atoms with van der Waals surface area (Å²) >= 11 is 11.8. The number of halogens is 2. The lowest BCUT2D eigenvalue weighted by Gasteiger charge is -2.10. The Morgan fingerprint density at radius 3 is 2.75 bits per heavy atom. The Morgan fingerprint density at radius 1 is 1.44 bits per heavy atom. The van der Waals surface area contributed by atoms with Crippen molar-refractivity contribution in [1.29, 1.82) is 0 Å². The van der Waals surface area contributed by atoms with E-state index in [1.54, 1.807) is 18.2 Å². The molecule has 2 rings (SSSR count). The van der Waals surface area contributed by atoms with Crippen LogP contribution in [0.2, 0.25) is 10.0 Å². The van der Waals surface area contributed by atoms with Crippen LogP contribution in [0.4, 0.5) is 0 Å². The predicted molar refractivity (Wildman–Crippen MR) is 66.1 cm³/mol. The summed E-state index contributed by atoms with van der Waals surface area (Å²) in [7, 11) is 0. The molecule has 1 aliphatic rings. The standard InChI is InChI=1S/C12H13Cl2NO/c13-8-3-4-10(14)9(5-8)12(16)6-11(15)7-1-2-7/h3-5,7,11H,1-2,6,15H2. The van der Waals surface area contributed by atoms with E-state index in [2.05, 4.69) is 0 Å². The third kappa shape index (κ3) is 2.76. The smallest absolute Gasteiger partial charge is 0.165 e. The van der Waals surface area contributed by atoms with E-state index in [-0.39, 0.29) is 11.8 Å². The SMILES string of the molecule is NC(CC(=O)c1cc(Cl)ccc1Cl)C1CC1. The molecule has 86 valence electrons. The van der Waals surface area contributed by atoms with Crippen LogP contribution < -0.4 is 5.73 Å². The van der Waals surface area contributed by atoms with Gasteiger partial charge in [0.15, 0.2) is 5.78 Å². The molecule has 0 heterocycles. The zero-order valence-corrected chi connectivity index (χ0v) is 10.3. The van der Waals surface area contributed by atoms with Crippen LogP contribution in [0.25, 0.3) is 0 Å². The molecule has 16 heavy (non-hydrogen) atoms. The van der Waals surface area contributed by atoms with Crippen LogP contribution in [-0.4, -0.2) is 11.8 Å². The number of ketones is 1. The van der Waals surface area contributed by atoms with Gasteiger partial charge in [-0.05, 0) is 37.0 Å². The molecule has 2 nitrogen and oxygen atoms in total. The van der Waals surface area contributed by atoms with Gasteiger partial charge in [0, 0.05) is 23.0 Å². The highest BCUT2D eigenvalue weighted by Crippen LogP contribution is 2.33. The van der Waals surface area contributed by atoms with Gasteiger partial charge in [-0.3, -0.25) is 4.79 Å². The number of hydrogen-bond acceptors (Lipinski definition) is 2. The van der Waals surface area contributed by atoms with Crippen LogP contribution in [0, 0.1) is 5.92 Å². The molecule has 0 amide bonds. The second kappa shape index (κ2) is 4.74. The van der Waals surface area contributed by atoms with E-state index in [9.17, 15) is 4.79 Å². The largest absolute Gasteiger partial charge is 0.327 e. The van der Waals surface area contributed by atoms with Crippen molar-refractivity contribution in [1.82, 2.24) is 0 Å². The Kier molecular flexibility index (Phi) is 3.53. The van der Waals surface area contributed by atoms with Gasteiger partial charge in [0.25, 0.3) is 0 Å². The number of rotatable bonds is 4. The van der Waals surface area contributed by atoms with Crippen molar-refractivity contribution in [2.75, 3.05) is 0 Å². The van der Waals surface area contributed by atoms with Gasteiger partial charge in [0.2, 0.25) is 0 Å². The minimum atomic E-state index is -0.0393. The molecule has 1 unspecified atom stereocenters. The van der Waals surface area contributed by atoms with Gasteiger partial charge in [0.1, 0.15) is 0 Å². The van der Waals surface area contributed by atoms with Gasteiger partial charge < -0.3 is 5.73 Å². The number of nitrogens with two attached hydrogens (primary N) is 1. The van der Waals surface area contributed by atoms with E-state index in [1.165, 1.54) is 0 Å². The fraction of sp³-hybridized carbons (Fsp3) is 0.417. The molecule has 0 spiro atoms. The first-order valence-electron chi connectivity index (χ1n) is 5.32. The zero-order valence-electron chi connectivity index (χ0n) is 8.75. The summed E-state index contributed by atoms with van der Waals surface area (Å²) in [5.74, 6) is 0.494. The van der Waals surface area contributed by atoms with Gasteiger partial charge in [-0.15, -0.1) is 0 Å². The number of carbonyl (C=O) groups excluding carboxylic acids is 1. The molecule has 1 fully saturated rings. The lowest BCUT2D eigenvalue weighted by molar-refractivity contribution is 0.0971. The first-order chi connectivity index (χ1) is 7.58. The average molecular weight is 258 g/mol. The number of Topliss-reactive ketones (excluding diaryl/α,β-unsaturated/α-hetero) is 1. The quantitative estimate of drug-likeness (QED) is 0.842. The minimum Gasteiger partial charge on any atom is -0.327 e. The fourth-order valence-electron chi connectivity index (χ4n) is 1.73. The molecule has 0 aromatic heterocycles. The Morgan fingerprint density at radius 2 is 2.12 bits per heavy atom. The van der Waals surface area contributed by atoms with Crippen LogP contribution in [0.15, 0.2) is 18.2 Å². The summed E-state index contributed by atoms with van der Waals surface area (Å²) < 4.78 is 0. The molecular formula is C12H13Cl2NO. The first kappa shape index (κ1) is 11.9. The van der Waals surface area contributed by atoms with Crippen LogP contribution in [-0.2, 0) is 0 Å². The minimum absolute atomic E-state index is 0.0214. The summed E-state index contributed by atoms with van der Waals surface area (Å²) in [6.45, 7) is 0. The molecule has 1 aliphatic carbocycles. The second-order valence-electron chi connectivity index (χ2n) is 4.25. The van der Waals surface area contributed by atoms with E-state index in [1.807, 2.05) is 0 Å². The summed E-state index contributed by atoms with van der Waals surface area (Å²) in [4.78, 5) is 11.9. The van der Waals surface area contributed by atoms with Gasteiger partial charge in [0.05, 0.1) is 5.02 Å². The van der Waals surface area contributed by atoms with E-state index >= 15 is 0 Å².